The highest BCUT2D eigenvalue weighted by molar-refractivity contribution is 5.64. The van der Waals surface area contributed by atoms with Crippen LogP contribution in [0.5, 0.6) is 0 Å². The molecule has 0 aliphatic heterocycles. The van der Waals surface area contributed by atoms with Crippen molar-refractivity contribution in [1.82, 2.24) is 0 Å². The molecule has 0 unspecified atom stereocenters. The van der Waals surface area contributed by atoms with Gasteiger partial charge in [0.05, 0.1) is 0 Å². The van der Waals surface area contributed by atoms with Gasteiger partial charge in [0, 0.05) is 12.0 Å². The third-order valence-corrected chi connectivity index (χ3v) is 3.43. The molecule has 100 valence electrons. The lowest BCUT2D eigenvalue weighted by molar-refractivity contribution is 0.509. The number of rotatable bonds is 3. The van der Waals surface area contributed by atoms with E-state index in [1.54, 1.807) is 6.07 Å². The van der Waals surface area contributed by atoms with Crippen LogP contribution in [0, 0.1) is 11.6 Å². The van der Waals surface area contributed by atoms with E-state index in [4.69, 9.17) is 5.73 Å². The monoisotopic (exact) mass is 261 g/mol. The first-order valence-corrected chi connectivity index (χ1v) is 6.20. The van der Waals surface area contributed by atoms with Crippen LogP contribution in [-0.2, 0) is 5.41 Å². The van der Waals surface area contributed by atoms with E-state index in [-0.39, 0.29) is 5.41 Å². The van der Waals surface area contributed by atoms with Crippen LogP contribution in [0.15, 0.2) is 42.5 Å². The topological polar surface area (TPSA) is 26.0 Å². The van der Waals surface area contributed by atoms with Gasteiger partial charge in [-0.3, -0.25) is 0 Å². The minimum absolute atomic E-state index is 0.0907. The predicted molar refractivity (Wildman–Crippen MR) is 73.9 cm³/mol. The summed E-state index contributed by atoms with van der Waals surface area (Å²) >= 11 is 0. The van der Waals surface area contributed by atoms with Gasteiger partial charge in [-0.15, -0.1) is 0 Å². The summed E-state index contributed by atoms with van der Waals surface area (Å²) in [7, 11) is 0. The Morgan fingerprint density at radius 1 is 0.895 bits per heavy atom. The van der Waals surface area contributed by atoms with Gasteiger partial charge < -0.3 is 5.73 Å². The number of halogens is 2. The maximum absolute atomic E-state index is 13.2. The van der Waals surface area contributed by atoms with Crippen LogP contribution in [0.3, 0.4) is 0 Å². The Kier molecular flexibility index (Phi) is 3.67. The van der Waals surface area contributed by atoms with E-state index in [0.29, 0.717) is 12.1 Å². The molecular formula is C16H17F2N. The highest BCUT2D eigenvalue weighted by atomic mass is 19.2. The van der Waals surface area contributed by atoms with Crippen LogP contribution < -0.4 is 5.73 Å². The number of hydrogen-bond acceptors (Lipinski definition) is 1. The van der Waals surface area contributed by atoms with Gasteiger partial charge in [0.2, 0.25) is 0 Å². The second-order valence-electron chi connectivity index (χ2n) is 5.29. The maximum atomic E-state index is 13.2. The van der Waals surface area contributed by atoms with Gasteiger partial charge in [0.1, 0.15) is 0 Å². The lowest BCUT2D eigenvalue weighted by atomic mass is 9.84. The molecule has 0 amide bonds. The van der Waals surface area contributed by atoms with E-state index >= 15 is 0 Å². The van der Waals surface area contributed by atoms with Crippen molar-refractivity contribution in [1.29, 1.82) is 0 Å². The average Bonchev–Trinajstić information content (AvgIpc) is 2.42. The Hall–Kier alpha value is -1.74. The Balaban J connectivity index is 2.35. The quantitative estimate of drug-likeness (QED) is 0.891. The Morgan fingerprint density at radius 3 is 2.00 bits per heavy atom. The zero-order valence-corrected chi connectivity index (χ0v) is 11.1. The van der Waals surface area contributed by atoms with E-state index in [1.807, 2.05) is 24.3 Å². The van der Waals surface area contributed by atoms with Gasteiger partial charge in [-0.1, -0.05) is 44.2 Å². The summed E-state index contributed by atoms with van der Waals surface area (Å²) < 4.78 is 26.1. The molecule has 0 atom stereocenters. The minimum atomic E-state index is -0.830. The molecule has 0 spiro atoms. The van der Waals surface area contributed by atoms with E-state index in [2.05, 4.69) is 13.8 Å². The lowest BCUT2D eigenvalue weighted by Crippen LogP contribution is -2.27. The Labute approximate surface area is 112 Å². The molecule has 0 aliphatic carbocycles. The van der Waals surface area contributed by atoms with E-state index in [9.17, 15) is 8.78 Å². The largest absolute Gasteiger partial charge is 0.330 e. The molecule has 3 heteroatoms. The van der Waals surface area contributed by atoms with Crippen molar-refractivity contribution in [2.24, 2.45) is 5.73 Å². The smallest absolute Gasteiger partial charge is 0.159 e. The third-order valence-electron chi connectivity index (χ3n) is 3.43. The molecule has 0 fully saturated rings. The molecule has 2 aromatic carbocycles. The molecule has 0 radical (unpaired) electrons. The van der Waals surface area contributed by atoms with Crippen LogP contribution in [0.1, 0.15) is 19.4 Å². The summed E-state index contributed by atoms with van der Waals surface area (Å²) in [6, 6.07) is 11.7. The molecule has 1 nitrogen and oxygen atoms in total. The normalized spacial score (nSPS) is 11.6. The molecule has 0 aliphatic rings. The lowest BCUT2D eigenvalue weighted by Gasteiger charge is -2.23. The van der Waals surface area contributed by atoms with Crippen LogP contribution in [0.2, 0.25) is 0 Å². The fourth-order valence-electron chi connectivity index (χ4n) is 1.91. The maximum Gasteiger partial charge on any atom is 0.159 e. The number of hydrogen-bond donors (Lipinski definition) is 1. The summed E-state index contributed by atoms with van der Waals surface area (Å²) in [6.07, 6.45) is 0. The molecule has 19 heavy (non-hydrogen) atoms. The fourth-order valence-corrected chi connectivity index (χ4v) is 1.91. The Bertz CT molecular complexity index is 574. The van der Waals surface area contributed by atoms with Crippen molar-refractivity contribution in [3.8, 4) is 11.1 Å². The van der Waals surface area contributed by atoms with Crippen molar-refractivity contribution in [2.45, 2.75) is 19.3 Å². The van der Waals surface area contributed by atoms with E-state index in [0.717, 1.165) is 17.2 Å². The third kappa shape index (κ3) is 2.82. The zero-order chi connectivity index (χ0) is 14.0. The second kappa shape index (κ2) is 5.10. The minimum Gasteiger partial charge on any atom is -0.330 e. The predicted octanol–water partition coefficient (Wildman–Crippen LogP) is 3.87. The van der Waals surface area contributed by atoms with Gasteiger partial charge >= 0.3 is 0 Å². The highest BCUT2D eigenvalue weighted by Crippen LogP contribution is 2.26. The summed E-state index contributed by atoms with van der Waals surface area (Å²) in [6.45, 7) is 4.69. The van der Waals surface area contributed by atoms with Gasteiger partial charge in [-0.25, -0.2) is 8.78 Å². The highest BCUT2D eigenvalue weighted by Gasteiger charge is 2.18. The van der Waals surface area contributed by atoms with Crippen molar-refractivity contribution in [3.63, 3.8) is 0 Å². The standard InChI is InChI=1S/C16H17F2N/c1-16(2,10-19)13-6-3-11(4-7-13)12-5-8-14(17)15(18)9-12/h3-9H,10,19H2,1-2H3. The summed E-state index contributed by atoms with van der Waals surface area (Å²) in [4.78, 5) is 0. The molecule has 2 rings (SSSR count). The van der Waals surface area contributed by atoms with Crippen LogP contribution in [0.4, 0.5) is 8.78 Å². The van der Waals surface area contributed by atoms with Crippen LogP contribution in [-0.4, -0.2) is 6.54 Å². The van der Waals surface area contributed by atoms with E-state index < -0.39 is 11.6 Å². The first kappa shape index (κ1) is 13.7. The van der Waals surface area contributed by atoms with Crippen molar-refractivity contribution in [3.05, 3.63) is 59.7 Å². The zero-order valence-electron chi connectivity index (χ0n) is 11.1. The van der Waals surface area contributed by atoms with E-state index in [1.165, 1.54) is 6.07 Å². The van der Waals surface area contributed by atoms with Gasteiger partial charge in [-0.05, 0) is 28.8 Å². The van der Waals surface area contributed by atoms with Crippen molar-refractivity contribution in [2.75, 3.05) is 6.54 Å². The number of benzene rings is 2. The SMILES string of the molecule is CC(C)(CN)c1ccc(-c2ccc(F)c(F)c2)cc1. The Morgan fingerprint density at radius 2 is 1.47 bits per heavy atom. The first-order valence-electron chi connectivity index (χ1n) is 6.20. The van der Waals surface area contributed by atoms with Crippen molar-refractivity contribution < 1.29 is 8.78 Å². The average molecular weight is 261 g/mol. The molecule has 0 bridgehead atoms. The molecule has 0 aromatic heterocycles. The summed E-state index contributed by atoms with van der Waals surface area (Å²) in [5.74, 6) is -1.66. The van der Waals surface area contributed by atoms with Crippen LogP contribution in [0.25, 0.3) is 11.1 Å². The molecule has 0 saturated heterocycles. The van der Waals surface area contributed by atoms with Gasteiger partial charge in [0.25, 0.3) is 0 Å². The van der Waals surface area contributed by atoms with Crippen molar-refractivity contribution >= 4 is 0 Å². The molecule has 0 saturated carbocycles. The number of nitrogens with two attached hydrogens (primary N) is 1. The summed E-state index contributed by atoms with van der Waals surface area (Å²) in [5, 5.41) is 0. The second-order valence-corrected chi connectivity index (χ2v) is 5.29. The van der Waals surface area contributed by atoms with Gasteiger partial charge in [0.15, 0.2) is 11.6 Å². The van der Waals surface area contributed by atoms with Gasteiger partial charge in [-0.2, -0.15) is 0 Å². The summed E-state index contributed by atoms with van der Waals surface area (Å²) in [5.41, 5.74) is 8.29. The fraction of sp³-hybridized carbons (Fsp3) is 0.250. The molecule has 2 aromatic rings. The molecule has 0 heterocycles. The van der Waals surface area contributed by atoms with Crippen LogP contribution >= 0.6 is 0 Å². The molecule has 2 N–H and O–H groups in total. The first-order chi connectivity index (χ1) is 8.94. The molecular weight excluding hydrogens is 244 g/mol.